The van der Waals surface area contributed by atoms with Gasteiger partial charge in [-0.1, -0.05) is 15.9 Å². The number of aryl methyl sites for hydroxylation is 1. The van der Waals surface area contributed by atoms with Gasteiger partial charge in [-0.3, -0.25) is 0 Å². The first kappa shape index (κ1) is 14.7. The highest BCUT2D eigenvalue weighted by molar-refractivity contribution is 9.10. The van der Waals surface area contributed by atoms with E-state index in [1.165, 1.54) is 7.11 Å². The summed E-state index contributed by atoms with van der Waals surface area (Å²) in [7, 11) is 1.31. The van der Waals surface area contributed by atoms with Crippen molar-refractivity contribution < 1.29 is 18.7 Å². The van der Waals surface area contributed by atoms with Crippen LogP contribution in [-0.2, 0) is 4.74 Å². The van der Waals surface area contributed by atoms with E-state index in [0.717, 1.165) is 15.8 Å². The zero-order valence-electron chi connectivity index (χ0n) is 11.5. The van der Waals surface area contributed by atoms with Crippen LogP contribution in [0.3, 0.4) is 0 Å². The molecule has 0 fully saturated rings. The van der Waals surface area contributed by atoms with Crippen molar-refractivity contribution in [3.05, 3.63) is 51.9 Å². The molecule has 0 saturated heterocycles. The van der Waals surface area contributed by atoms with E-state index >= 15 is 0 Å². The number of rotatable bonds is 4. The Morgan fingerprint density at radius 2 is 2.05 bits per heavy atom. The molecular weight excluding hydrogens is 324 g/mol. The molecule has 4 nitrogen and oxygen atoms in total. The molecule has 106 valence electrons. The summed E-state index contributed by atoms with van der Waals surface area (Å²) in [5, 5.41) is 0. The fourth-order valence-electron chi connectivity index (χ4n) is 1.73. The summed E-state index contributed by atoms with van der Waals surface area (Å²) in [6, 6.07) is 9.03. The first-order chi connectivity index (χ1) is 9.51. The van der Waals surface area contributed by atoms with Gasteiger partial charge >= 0.3 is 5.97 Å². The molecule has 20 heavy (non-hydrogen) atoms. The largest absolute Gasteiger partial charge is 0.483 e. The second-order valence-electron chi connectivity index (χ2n) is 4.36. The lowest BCUT2D eigenvalue weighted by molar-refractivity contribution is 0.0558. The molecule has 0 aliphatic rings. The van der Waals surface area contributed by atoms with Crippen molar-refractivity contribution in [2.75, 3.05) is 7.11 Å². The van der Waals surface area contributed by atoms with Crippen molar-refractivity contribution in [2.24, 2.45) is 0 Å². The molecule has 1 aromatic heterocycles. The highest BCUT2D eigenvalue weighted by Gasteiger charge is 2.16. The molecule has 2 rings (SSSR count). The number of benzene rings is 1. The number of carbonyl (C=O) groups is 1. The Labute approximate surface area is 125 Å². The van der Waals surface area contributed by atoms with Crippen LogP contribution in [0.15, 0.2) is 39.2 Å². The number of furan rings is 1. The van der Waals surface area contributed by atoms with Gasteiger partial charge in [-0.15, -0.1) is 0 Å². The molecule has 1 heterocycles. The number of methoxy groups -OCH3 is 1. The van der Waals surface area contributed by atoms with Gasteiger partial charge in [0, 0.05) is 4.47 Å². The van der Waals surface area contributed by atoms with Gasteiger partial charge in [0.15, 0.2) is 6.10 Å². The maximum absolute atomic E-state index is 11.3. The van der Waals surface area contributed by atoms with E-state index in [4.69, 9.17) is 9.15 Å². The molecule has 1 atom stereocenters. The highest BCUT2D eigenvalue weighted by atomic mass is 79.9. The van der Waals surface area contributed by atoms with Crippen LogP contribution in [0.2, 0.25) is 0 Å². The number of esters is 1. The van der Waals surface area contributed by atoms with Crippen LogP contribution < -0.4 is 4.74 Å². The summed E-state index contributed by atoms with van der Waals surface area (Å²) in [5.74, 6) is 0.994. The zero-order chi connectivity index (χ0) is 14.7. The molecule has 0 saturated carbocycles. The minimum absolute atomic E-state index is 0.171. The van der Waals surface area contributed by atoms with Gasteiger partial charge in [-0.05, 0) is 49.7 Å². The van der Waals surface area contributed by atoms with Gasteiger partial charge in [0.05, 0.1) is 7.11 Å². The average Bonchev–Trinajstić information content (AvgIpc) is 2.92. The standard InChI is InChI=1S/C15H15BrO4/c1-9-8-11(4-5-12(9)16)19-10(2)13-6-7-14(20-13)15(17)18-3/h4-8,10H,1-3H3. The Bertz CT molecular complexity index is 618. The lowest BCUT2D eigenvalue weighted by Crippen LogP contribution is -2.03. The van der Waals surface area contributed by atoms with Crippen molar-refractivity contribution in [1.82, 2.24) is 0 Å². The summed E-state index contributed by atoms with van der Waals surface area (Å²) in [5.41, 5.74) is 1.09. The molecule has 0 aliphatic heterocycles. The molecule has 2 aromatic rings. The maximum atomic E-state index is 11.3. The van der Waals surface area contributed by atoms with E-state index in [0.29, 0.717) is 5.76 Å². The Morgan fingerprint density at radius 1 is 1.30 bits per heavy atom. The predicted octanol–water partition coefficient (Wildman–Crippen LogP) is 4.28. The van der Waals surface area contributed by atoms with Crippen LogP contribution in [0.25, 0.3) is 0 Å². The van der Waals surface area contributed by atoms with E-state index in [9.17, 15) is 4.79 Å². The third-order valence-corrected chi connectivity index (χ3v) is 3.75. The monoisotopic (exact) mass is 338 g/mol. The van der Waals surface area contributed by atoms with E-state index in [2.05, 4.69) is 20.7 Å². The molecule has 0 radical (unpaired) electrons. The Hall–Kier alpha value is -1.75. The predicted molar refractivity (Wildman–Crippen MR) is 78.0 cm³/mol. The van der Waals surface area contributed by atoms with Crippen LogP contribution in [0.4, 0.5) is 0 Å². The number of carbonyl (C=O) groups excluding carboxylic acids is 1. The summed E-state index contributed by atoms with van der Waals surface area (Å²) in [4.78, 5) is 11.3. The quantitative estimate of drug-likeness (QED) is 0.780. The van der Waals surface area contributed by atoms with E-state index in [-0.39, 0.29) is 11.9 Å². The molecule has 0 aliphatic carbocycles. The van der Waals surface area contributed by atoms with Crippen LogP contribution in [0, 0.1) is 6.92 Å². The Kier molecular flexibility index (Phi) is 4.49. The first-order valence-corrected chi connectivity index (χ1v) is 6.91. The first-order valence-electron chi connectivity index (χ1n) is 6.12. The van der Waals surface area contributed by atoms with Gasteiger partial charge in [0.2, 0.25) is 5.76 Å². The summed E-state index contributed by atoms with van der Waals surface area (Å²) < 4.78 is 16.8. The Morgan fingerprint density at radius 3 is 2.70 bits per heavy atom. The van der Waals surface area contributed by atoms with Gasteiger partial charge in [-0.25, -0.2) is 4.79 Å². The minimum atomic E-state index is -0.497. The van der Waals surface area contributed by atoms with Crippen LogP contribution in [0.5, 0.6) is 5.75 Å². The van der Waals surface area contributed by atoms with Crippen molar-refractivity contribution in [1.29, 1.82) is 0 Å². The number of ether oxygens (including phenoxy) is 2. The number of hydrogen-bond donors (Lipinski definition) is 0. The summed E-state index contributed by atoms with van der Waals surface area (Å²) in [6.45, 7) is 3.85. The number of halogens is 1. The third-order valence-electron chi connectivity index (χ3n) is 2.86. The second kappa shape index (κ2) is 6.13. The molecule has 1 aromatic carbocycles. The SMILES string of the molecule is COC(=O)c1ccc(C(C)Oc2ccc(Br)c(C)c2)o1. The van der Waals surface area contributed by atoms with E-state index in [1.807, 2.05) is 32.0 Å². The normalized spacial score (nSPS) is 12.0. The Balaban J connectivity index is 2.11. The van der Waals surface area contributed by atoms with E-state index < -0.39 is 5.97 Å². The average molecular weight is 339 g/mol. The molecule has 0 bridgehead atoms. The maximum Gasteiger partial charge on any atom is 0.373 e. The lowest BCUT2D eigenvalue weighted by atomic mass is 10.2. The van der Waals surface area contributed by atoms with Crippen molar-refractivity contribution >= 4 is 21.9 Å². The summed E-state index contributed by atoms with van der Waals surface area (Å²) >= 11 is 3.44. The van der Waals surface area contributed by atoms with Gasteiger partial charge in [0.1, 0.15) is 11.5 Å². The molecular formula is C15H15BrO4. The second-order valence-corrected chi connectivity index (χ2v) is 5.22. The molecule has 0 amide bonds. The zero-order valence-corrected chi connectivity index (χ0v) is 13.1. The van der Waals surface area contributed by atoms with Gasteiger partial charge in [-0.2, -0.15) is 0 Å². The van der Waals surface area contributed by atoms with Gasteiger partial charge < -0.3 is 13.9 Å². The molecule has 5 heteroatoms. The highest BCUT2D eigenvalue weighted by Crippen LogP contribution is 2.27. The lowest BCUT2D eigenvalue weighted by Gasteiger charge is -2.13. The molecule has 1 unspecified atom stereocenters. The van der Waals surface area contributed by atoms with E-state index in [1.54, 1.807) is 12.1 Å². The van der Waals surface area contributed by atoms with Crippen molar-refractivity contribution in [2.45, 2.75) is 20.0 Å². The third kappa shape index (κ3) is 3.22. The van der Waals surface area contributed by atoms with Crippen LogP contribution in [0.1, 0.15) is 34.9 Å². The minimum Gasteiger partial charge on any atom is -0.483 e. The molecule has 0 N–H and O–H groups in total. The number of hydrogen-bond acceptors (Lipinski definition) is 4. The molecule has 0 spiro atoms. The van der Waals surface area contributed by atoms with Crippen LogP contribution in [-0.4, -0.2) is 13.1 Å². The smallest absolute Gasteiger partial charge is 0.373 e. The topological polar surface area (TPSA) is 48.7 Å². The fraction of sp³-hybridized carbons (Fsp3) is 0.267. The summed E-state index contributed by atoms with van der Waals surface area (Å²) in [6.07, 6.45) is -0.297. The van der Waals surface area contributed by atoms with Crippen molar-refractivity contribution in [3.63, 3.8) is 0 Å². The van der Waals surface area contributed by atoms with Gasteiger partial charge in [0.25, 0.3) is 0 Å². The van der Waals surface area contributed by atoms with Crippen molar-refractivity contribution in [3.8, 4) is 5.75 Å². The fourth-order valence-corrected chi connectivity index (χ4v) is 1.98. The van der Waals surface area contributed by atoms with Crippen LogP contribution >= 0.6 is 15.9 Å².